The van der Waals surface area contributed by atoms with E-state index in [-0.39, 0.29) is 0 Å². The molecule has 0 bridgehead atoms. The predicted molar refractivity (Wildman–Crippen MR) is 85.1 cm³/mol. The molecule has 4 heteroatoms. The normalized spacial score (nSPS) is 22.9. The van der Waals surface area contributed by atoms with Crippen molar-refractivity contribution >= 4 is 11.6 Å². The summed E-state index contributed by atoms with van der Waals surface area (Å²) in [4.78, 5) is 8.95. The van der Waals surface area contributed by atoms with Crippen LogP contribution in [0.25, 0.3) is 0 Å². The Kier molecular flexibility index (Phi) is 5.21. The Morgan fingerprint density at radius 1 is 1.20 bits per heavy atom. The molecule has 1 aromatic heterocycles. The number of nitrogens with one attached hydrogen (secondary N) is 2. The first-order valence-corrected chi connectivity index (χ1v) is 7.96. The summed E-state index contributed by atoms with van der Waals surface area (Å²) in [5, 5.41) is 6.93. The maximum Gasteiger partial charge on any atom is 0.132 e. The van der Waals surface area contributed by atoms with Crippen LogP contribution in [0.3, 0.4) is 0 Å². The lowest BCUT2D eigenvalue weighted by atomic mass is 9.78. The van der Waals surface area contributed by atoms with Gasteiger partial charge >= 0.3 is 0 Å². The summed E-state index contributed by atoms with van der Waals surface area (Å²) in [6.45, 7) is 9.58. The Balaban J connectivity index is 2.11. The molecule has 0 saturated heterocycles. The molecule has 0 radical (unpaired) electrons. The van der Waals surface area contributed by atoms with Gasteiger partial charge in [0.2, 0.25) is 0 Å². The van der Waals surface area contributed by atoms with E-state index >= 15 is 0 Å². The van der Waals surface area contributed by atoms with Crippen molar-refractivity contribution in [1.29, 1.82) is 0 Å². The highest BCUT2D eigenvalue weighted by Gasteiger charge is 2.27. The highest BCUT2D eigenvalue weighted by Crippen LogP contribution is 2.32. The minimum absolute atomic E-state index is 0.549. The summed E-state index contributed by atoms with van der Waals surface area (Å²) in [6.07, 6.45) is 5.28. The fraction of sp³-hybridized carbons (Fsp3) is 0.750. The smallest absolute Gasteiger partial charge is 0.132 e. The largest absolute Gasteiger partial charge is 0.370 e. The molecule has 20 heavy (non-hydrogen) atoms. The van der Waals surface area contributed by atoms with Gasteiger partial charge in [0.1, 0.15) is 17.5 Å². The number of aryl methyl sites for hydroxylation is 1. The van der Waals surface area contributed by atoms with Crippen molar-refractivity contribution in [2.45, 2.75) is 59.4 Å². The summed E-state index contributed by atoms with van der Waals surface area (Å²) < 4.78 is 0. The van der Waals surface area contributed by atoms with Gasteiger partial charge in [-0.15, -0.1) is 0 Å². The summed E-state index contributed by atoms with van der Waals surface area (Å²) in [7, 11) is 0. The van der Waals surface area contributed by atoms with E-state index in [1.54, 1.807) is 0 Å². The number of anilines is 2. The molecule has 4 nitrogen and oxygen atoms in total. The van der Waals surface area contributed by atoms with E-state index in [0.717, 1.165) is 35.8 Å². The first kappa shape index (κ1) is 15.1. The third-order valence-corrected chi connectivity index (χ3v) is 4.20. The first-order valence-electron chi connectivity index (χ1n) is 7.96. The zero-order valence-electron chi connectivity index (χ0n) is 13.2. The second-order valence-corrected chi connectivity index (χ2v) is 6.16. The van der Waals surface area contributed by atoms with E-state index in [1.807, 2.05) is 13.0 Å². The van der Waals surface area contributed by atoms with E-state index in [4.69, 9.17) is 0 Å². The number of nitrogens with zero attached hydrogens (tertiary/aromatic N) is 2. The molecule has 1 aliphatic rings. The van der Waals surface area contributed by atoms with Crippen LogP contribution in [-0.2, 0) is 0 Å². The highest BCUT2D eigenvalue weighted by atomic mass is 15.1. The molecule has 0 aliphatic heterocycles. The van der Waals surface area contributed by atoms with E-state index < -0.39 is 0 Å². The average Bonchev–Trinajstić information content (AvgIpc) is 2.38. The lowest BCUT2D eigenvalue weighted by Crippen LogP contribution is -2.35. The first-order chi connectivity index (χ1) is 9.60. The number of aromatic nitrogens is 2. The van der Waals surface area contributed by atoms with Crippen molar-refractivity contribution in [2.24, 2.45) is 11.8 Å². The van der Waals surface area contributed by atoms with Crippen LogP contribution in [0, 0.1) is 18.8 Å². The Labute approximate surface area is 122 Å². The van der Waals surface area contributed by atoms with Crippen molar-refractivity contribution in [3.63, 3.8) is 0 Å². The van der Waals surface area contributed by atoms with Gasteiger partial charge in [0.05, 0.1) is 0 Å². The molecule has 2 N–H and O–H groups in total. The molecule has 2 rings (SSSR count). The number of hydrogen-bond donors (Lipinski definition) is 2. The Morgan fingerprint density at radius 3 is 2.60 bits per heavy atom. The number of rotatable bonds is 5. The Hall–Kier alpha value is -1.32. The van der Waals surface area contributed by atoms with Gasteiger partial charge in [0.25, 0.3) is 0 Å². The van der Waals surface area contributed by atoms with E-state index in [9.17, 15) is 0 Å². The van der Waals surface area contributed by atoms with Crippen LogP contribution in [-0.4, -0.2) is 22.6 Å². The Bertz CT molecular complexity index is 430. The van der Waals surface area contributed by atoms with Crippen LogP contribution in [0.1, 0.15) is 52.3 Å². The van der Waals surface area contributed by atoms with Gasteiger partial charge in [-0.3, -0.25) is 0 Å². The van der Waals surface area contributed by atoms with Gasteiger partial charge in [-0.05, 0) is 38.5 Å². The zero-order valence-corrected chi connectivity index (χ0v) is 13.2. The minimum atomic E-state index is 0.549. The standard InChI is InChI=1S/C16H28N4/c1-5-17-15-10-16(19-12(4)18-15)20-14-9-7-6-8-13(14)11(2)3/h10-11,13-14H,5-9H2,1-4H3,(H2,17,18,19,20). The van der Waals surface area contributed by atoms with Crippen LogP contribution in [0.4, 0.5) is 11.6 Å². The quantitative estimate of drug-likeness (QED) is 0.858. The van der Waals surface area contributed by atoms with Gasteiger partial charge in [0, 0.05) is 18.7 Å². The molecule has 112 valence electrons. The van der Waals surface area contributed by atoms with Crippen LogP contribution >= 0.6 is 0 Å². The molecule has 1 aliphatic carbocycles. The summed E-state index contributed by atoms with van der Waals surface area (Å²) in [6, 6.07) is 2.58. The average molecular weight is 276 g/mol. The lowest BCUT2D eigenvalue weighted by molar-refractivity contribution is 0.253. The third kappa shape index (κ3) is 3.84. The van der Waals surface area contributed by atoms with Crippen LogP contribution in [0.5, 0.6) is 0 Å². The Morgan fingerprint density at radius 2 is 1.90 bits per heavy atom. The lowest BCUT2D eigenvalue weighted by Gasteiger charge is -2.35. The van der Waals surface area contributed by atoms with E-state index in [2.05, 4.69) is 41.4 Å². The number of hydrogen-bond acceptors (Lipinski definition) is 4. The van der Waals surface area contributed by atoms with E-state index in [1.165, 1.54) is 25.7 Å². The van der Waals surface area contributed by atoms with Crippen LogP contribution < -0.4 is 10.6 Å². The van der Waals surface area contributed by atoms with Crippen molar-refractivity contribution < 1.29 is 0 Å². The monoisotopic (exact) mass is 276 g/mol. The third-order valence-electron chi connectivity index (χ3n) is 4.20. The maximum atomic E-state index is 4.54. The van der Waals surface area contributed by atoms with Gasteiger partial charge in [-0.1, -0.05) is 26.7 Å². The maximum absolute atomic E-state index is 4.54. The highest BCUT2D eigenvalue weighted by molar-refractivity contribution is 5.48. The van der Waals surface area contributed by atoms with Crippen LogP contribution in [0.2, 0.25) is 0 Å². The summed E-state index contributed by atoms with van der Waals surface area (Å²) >= 11 is 0. The fourth-order valence-electron chi connectivity index (χ4n) is 3.24. The molecule has 1 aromatic rings. The SMILES string of the molecule is CCNc1cc(NC2CCCCC2C(C)C)nc(C)n1. The van der Waals surface area contributed by atoms with Gasteiger partial charge < -0.3 is 10.6 Å². The summed E-state index contributed by atoms with van der Waals surface area (Å²) in [5.41, 5.74) is 0. The van der Waals surface area contributed by atoms with E-state index in [0.29, 0.717) is 6.04 Å². The predicted octanol–water partition coefficient (Wildman–Crippen LogP) is 3.84. The second kappa shape index (κ2) is 6.91. The molecule has 2 atom stereocenters. The van der Waals surface area contributed by atoms with Gasteiger partial charge in [-0.25, -0.2) is 9.97 Å². The molecule has 1 saturated carbocycles. The molecular formula is C16H28N4. The molecule has 0 amide bonds. The molecular weight excluding hydrogens is 248 g/mol. The van der Waals surface area contributed by atoms with Crippen molar-refractivity contribution in [2.75, 3.05) is 17.2 Å². The molecule has 1 fully saturated rings. The van der Waals surface area contributed by atoms with Gasteiger partial charge in [0.15, 0.2) is 0 Å². The van der Waals surface area contributed by atoms with Crippen LogP contribution in [0.15, 0.2) is 6.07 Å². The van der Waals surface area contributed by atoms with Crippen molar-refractivity contribution in [3.05, 3.63) is 11.9 Å². The van der Waals surface area contributed by atoms with Crippen molar-refractivity contribution in [1.82, 2.24) is 9.97 Å². The molecule has 0 aromatic carbocycles. The zero-order chi connectivity index (χ0) is 14.5. The molecule has 1 heterocycles. The van der Waals surface area contributed by atoms with Gasteiger partial charge in [-0.2, -0.15) is 0 Å². The summed E-state index contributed by atoms with van der Waals surface area (Å²) in [5.74, 6) is 4.18. The van der Waals surface area contributed by atoms with Crippen molar-refractivity contribution in [3.8, 4) is 0 Å². The molecule has 2 unspecified atom stereocenters. The second-order valence-electron chi connectivity index (χ2n) is 6.16. The fourth-order valence-corrected chi connectivity index (χ4v) is 3.24. The topological polar surface area (TPSA) is 49.8 Å². The minimum Gasteiger partial charge on any atom is -0.370 e. The molecule has 0 spiro atoms.